The molecule has 54 heavy (non-hydrogen) atoms. The van der Waals surface area contributed by atoms with Crippen molar-refractivity contribution in [3.8, 4) is 0 Å². The molecule has 0 aliphatic carbocycles. The normalized spacial score (nSPS) is 10.9. The van der Waals surface area contributed by atoms with Gasteiger partial charge >= 0.3 is 17.9 Å². The highest BCUT2D eigenvalue weighted by Crippen LogP contribution is 2.15. The summed E-state index contributed by atoms with van der Waals surface area (Å²) < 4.78 is 0. The van der Waals surface area contributed by atoms with Gasteiger partial charge in [-0.25, -0.2) is 0 Å². The zero-order valence-corrected chi connectivity index (χ0v) is 32.7. The molecule has 0 aromatic heterocycles. The van der Waals surface area contributed by atoms with E-state index in [1.165, 1.54) is 18.2 Å². The van der Waals surface area contributed by atoms with E-state index in [-0.39, 0.29) is 53.7 Å². The van der Waals surface area contributed by atoms with E-state index < -0.39 is 17.9 Å². The lowest BCUT2D eigenvalue weighted by Crippen LogP contribution is -2.29. The first-order chi connectivity index (χ1) is 26.1. The van der Waals surface area contributed by atoms with Gasteiger partial charge in [-0.1, -0.05) is 116 Å². The average molecular weight is 760 g/mol. The molecular weight excluding hydrogens is 690 g/mol. The SMILES string of the molecule is O=C(O)CCCCCCCCCCNC(=O)c1cc(C(=O)NCCCCCCCCCCC(=O)O)cc(C(=O)NCCCCCCCCCCC(=O)O)c1. The number of unbranched alkanes of at least 4 members (excludes halogenated alkanes) is 21. The molecule has 0 bridgehead atoms. The first kappa shape index (κ1) is 48.1. The second-order valence-corrected chi connectivity index (χ2v) is 14.5. The molecule has 0 saturated heterocycles. The number of hydrogen-bond donors (Lipinski definition) is 6. The van der Waals surface area contributed by atoms with Gasteiger partial charge in [0.25, 0.3) is 17.7 Å². The van der Waals surface area contributed by atoms with Gasteiger partial charge in [-0.3, -0.25) is 28.8 Å². The van der Waals surface area contributed by atoms with Crippen molar-refractivity contribution in [1.82, 2.24) is 16.0 Å². The third-order valence-electron chi connectivity index (χ3n) is 9.53. The van der Waals surface area contributed by atoms with Crippen LogP contribution in [0.25, 0.3) is 0 Å². The maximum atomic E-state index is 13.2. The molecule has 12 heteroatoms. The van der Waals surface area contributed by atoms with Crippen molar-refractivity contribution in [1.29, 1.82) is 0 Å². The molecule has 0 saturated carbocycles. The van der Waals surface area contributed by atoms with Crippen molar-refractivity contribution in [2.45, 2.75) is 173 Å². The Bertz CT molecular complexity index is 1080. The summed E-state index contributed by atoms with van der Waals surface area (Å²) >= 11 is 0. The standard InChI is InChI=1S/C42H69N3O9/c46-37(47)25-19-13-7-1-4-10-16-22-28-43-40(52)34-31-35(41(53)44-29-23-17-11-5-2-8-14-20-26-38(48)49)33-36(32-34)42(54)45-30-24-18-12-6-3-9-15-21-27-39(50)51/h31-33H,1-30H2,(H,43,52)(H,44,53)(H,45,54)(H,46,47)(H,48,49)(H,50,51). The summed E-state index contributed by atoms with van der Waals surface area (Å²) in [5.41, 5.74) is 0.794. The van der Waals surface area contributed by atoms with Gasteiger partial charge in [0.15, 0.2) is 0 Å². The summed E-state index contributed by atoms with van der Waals surface area (Å²) in [6.07, 6.45) is 23.6. The molecule has 0 fully saturated rings. The lowest BCUT2D eigenvalue weighted by Gasteiger charge is -2.12. The van der Waals surface area contributed by atoms with E-state index in [1.807, 2.05) is 0 Å². The minimum absolute atomic E-state index is 0.225. The van der Waals surface area contributed by atoms with Crippen LogP contribution in [0.5, 0.6) is 0 Å². The van der Waals surface area contributed by atoms with Crippen LogP contribution >= 0.6 is 0 Å². The highest BCUT2D eigenvalue weighted by molar-refractivity contribution is 6.04. The van der Waals surface area contributed by atoms with Crippen LogP contribution in [0.4, 0.5) is 0 Å². The van der Waals surface area contributed by atoms with Crippen LogP contribution in [0.1, 0.15) is 204 Å². The molecule has 0 aliphatic rings. The Labute approximate surface area is 323 Å². The van der Waals surface area contributed by atoms with Crippen LogP contribution in [-0.4, -0.2) is 70.6 Å². The smallest absolute Gasteiger partial charge is 0.303 e. The van der Waals surface area contributed by atoms with Crippen molar-refractivity contribution in [3.63, 3.8) is 0 Å². The van der Waals surface area contributed by atoms with E-state index in [4.69, 9.17) is 15.3 Å². The molecular formula is C42H69N3O9. The van der Waals surface area contributed by atoms with Gasteiger partial charge in [0, 0.05) is 55.6 Å². The molecule has 0 heterocycles. The lowest BCUT2D eigenvalue weighted by atomic mass is 10.0. The zero-order valence-electron chi connectivity index (χ0n) is 32.7. The van der Waals surface area contributed by atoms with Crippen molar-refractivity contribution in [2.24, 2.45) is 0 Å². The summed E-state index contributed by atoms with van der Waals surface area (Å²) in [7, 11) is 0. The zero-order chi connectivity index (χ0) is 39.7. The van der Waals surface area contributed by atoms with Crippen LogP contribution in [0.2, 0.25) is 0 Å². The number of rotatable bonds is 36. The van der Waals surface area contributed by atoms with Crippen molar-refractivity contribution < 1.29 is 44.1 Å². The molecule has 0 atom stereocenters. The fourth-order valence-electron chi connectivity index (χ4n) is 6.32. The number of nitrogens with one attached hydrogen (secondary N) is 3. The number of hydrogen-bond acceptors (Lipinski definition) is 6. The Balaban J connectivity index is 2.56. The van der Waals surface area contributed by atoms with E-state index in [0.717, 1.165) is 154 Å². The van der Waals surface area contributed by atoms with Gasteiger partial charge < -0.3 is 31.3 Å². The second-order valence-electron chi connectivity index (χ2n) is 14.5. The van der Waals surface area contributed by atoms with Crippen LogP contribution in [-0.2, 0) is 14.4 Å². The third-order valence-corrected chi connectivity index (χ3v) is 9.53. The second kappa shape index (κ2) is 32.5. The first-order valence-electron chi connectivity index (χ1n) is 20.7. The van der Waals surface area contributed by atoms with E-state index in [9.17, 15) is 28.8 Å². The number of carbonyl (C=O) groups is 6. The molecule has 12 nitrogen and oxygen atoms in total. The Hall–Kier alpha value is -3.96. The fraction of sp³-hybridized carbons (Fsp3) is 0.714. The van der Waals surface area contributed by atoms with Crippen molar-refractivity contribution >= 4 is 35.6 Å². The minimum atomic E-state index is -0.747. The molecule has 1 aromatic rings. The summed E-state index contributed by atoms with van der Waals surface area (Å²) in [6.45, 7) is 1.46. The van der Waals surface area contributed by atoms with Crippen LogP contribution < -0.4 is 16.0 Å². The van der Waals surface area contributed by atoms with Gasteiger partial charge in [-0.05, 0) is 56.7 Å². The van der Waals surface area contributed by atoms with Gasteiger partial charge in [0.1, 0.15) is 0 Å². The number of carboxylic acid groups (broad SMARTS) is 3. The minimum Gasteiger partial charge on any atom is -0.481 e. The topological polar surface area (TPSA) is 199 Å². The predicted octanol–water partition coefficient (Wildman–Crippen LogP) is 8.66. The Morgan fingerprint density at radius 3 is 0.704 bits per heavy atom. The molecule has 0 spiro atoms. The Kier molecular flexibility index (Phi) is 28.9. The predicted molar refractivity (Wildman–Crippen MR) is 211 cm³/mol. The largest absolute Gasteiger partial charge is 0.481 e. The summed E-state index contributed by atoms with van der Waals surface area (Å²) in [6, 6.07) is 4.62. The first-order valence-corrected chi connectivity index (χ1v) is 20.7. The van der Waals surface area contributed by atoms with E-state index in [2.05, 4.69) is 16.0 Å². The summed E-state index contributed by atoms with van der Waals surface area (Å²) in [5.74, 6) is -3.23. The molecule has 0 aliphatic heterocycles. The van der Waals surface area contributed by atoms with E-state index in [1.54, 1.807) is 0 Å². The molecule has 1 rings (SSSR count). The maximum Gasteiger partial charge on any atom is 0.303 e. The van der Waals surface area contributed by atoms with Crippen LogP contribution in [0, 0.1) is 0 Å². The number of amides is 3. The lowest BCUT2D eigenvalue weighted by molar-refractivity contribution is -0.138. The number of aliphatic carboxylic acids is 3. The van der Waals surface area contributed by atoms with Crippen molar-refractivity contribution in [2.75, 3.05) is 19.6 Å². The van der Waals surface area contributed by atoms with Gasteiger partial charge in [0.05, 0.1) is 0 Å². The fourth-order valence-corrected chi connectivity index (χ4v) is 6.32. The van der Waals surface area contributed by atoms with Crippen molar-refractivity contribution in [3.05, 3.63) is 34.9 Å². The summed E-state index contributed by atoms with van der Waals surface area (Å²) in [4.78, 5) is 71.3. The van der Waals surface area contributed by atoms with Gasteiger partial charge in [0.2, 0.25) is 0 Å². The maximum absolute atomic E-state index is 13.2. The molecule has 3 amide bonds. The average Bonchev–Trinajstić information content (AvgIpc) is 3.14. The molecule has 1 aromatic carbocycles. The highest BCUT2D eigenvalue weighted by atomic mass is 16.4. The Morgan fingerprint density at radius 2 is 0.500 bits per heavy atom. The number of benzene rings is 1. The highest BCUT2D eigenvalue weighted by Gasteiger charge is 2.16. The molecule has 0 radical (unpaired) electrons. The van der Waals surface area contributed by atoms with E-state index >= 15 is 0 Å². The van der Waals surface area contributed by atoms with Gasteiger partial charge in [-0.15, -0.1) is 0 Å². The number of carboxylic acids is 3. The molecule has 6 N–H and O–H groups in total. The van der Waals surface area contributed by atoms with Crippen LogP contribution in [0.3, 0.4) is 0 Å². The third kappa shape index (κ3) is 27.6. The summed E-state index contributed by atoms with van der Waals surface area (Å²) in [5, 5.41) is 35.0. The number of carbonyl (C=O) groups excluding carboxylic acids is 3. The van der Waals surface area contributed by atoms with Gasteiger partial charge in [-0.2, -0.15) is 0 Å². The Morgan fingerprint density at radius 1 is 0.315 bits per heavy atom. The molecule has 306 valence electrons. The van der Waals surface area contributed by atoms with Crippen LogP contribution in [0.15, 0.2) is 18.2 Å². The van der Waals surface area contributed by atoms with E-state index in [0.29, 0.717) is 19.6 Å². The quantitative estimate of drug-likeness (QED) is 0.0362. The monoisotopic (exact) mass is 760 g/mol. The molecule has 0 unspecified atom stereocenters.